The first-order chi connectivity index (χ1) is 6.84. The average molecular weight is 215 g/mol. The number of hydrogen-bond acceptors (Lipinski definition) is 5. The Bertz CT molecular complexity index is 379. The molecule has 0 radical (unpaired) electrons. The number of hydrogen-bond donors (Lipinski definition) is 2. The molecule has 0 rings (SSSR count). The smallest absolute Gasteiger partial charge is 0.376 e. The predicted octanol–water partition coefficient (Wildman–Crippen LogP) is -0.558. The lowest BCUT2D eigenvalue weighted by Crippen LogP contribution is -2.11. The molecule has 0 bridgehead atoms. The van der Waals surface area contributed by atoms with Gasteiger partial charge in [-0.1, -0.05) is 0 Å². The number of nitro groups is 1. The molecule has 0 aliphatic carbocycles. The van der Waals surface area contributed by atoms with Crippen molar-refractivity contribution in [2.75, 3.05) is 0 Å². The molecule has 0 aromatic carbocycles. The van der Waals surface area contributed by atoms with Gasteiger partial charge in [0.15, 0.2) is 0 Å². The summed E-state index contributed by atoms with van der Waals surface area (Å²) in [5.74, 6) is -4.82. The number of allylic oxidation sites excluding steroid dienone is 1. The third-order valence-corrected chi connectivity index (χ3v) is 1.10. The number of carbonyl (C=O) groups is 3. The second-order valence-corrected chi connectivity index (χ2v) is 2.17. The summed E-state index contributed by atoms with van der Waals surface area (Å²) in [4.78, 5) is 39.7. The van der Waals surface area contributed by atoms with Crippen LogP contribution in [0.4, 0.5) is 0 Å². The van der Waals surface area contributed by atoms with E-state index in [0.29, 0.717) is 12.2 Å². The lowest BCUT2D eigenvalue weighted by atomic mass is 10.3. The standard InChI is InChI=1S/C7H5NO7/c9-5(7(12)13)3-4(8(14)15)1-2-6(10)11/h1-3H,(H,10,11)(H,12,13)/b2-1-,4-3+. The fourth-order valence-electron chi connectivity index (χ4n) is 0.514. The molecule has 0 aliphatic heterocycles. The number of aliphatic carboxylic acids is 2. The van der Waals surface area contributed by atoms with Gasteiger partial charge in [0.05, 0.1) is 11.0 Å². The molecule has 0 aromatic heterocycles. The molecule has 0 saturated carbocycles. The zero-order valence-electron chi connectivity index (χ0n) is 7.11. The SMILES string of the molecule is O=C(O)/C=C\C(=C/C(=O)C(=O)O)[N+](=O)[O-]. The number of rotatable bonds is 5. The molecule has 0 fully saturated rings. The third-order valence-electron chi connectivity index (χ3n) is 1.10. The summed E-state index contributed by atoms with van der Waals surface area (Å²) in [6.45, 7) is 0. The van der Waals surface area contributed by atoms with Gasteiger partial charge < -0.3 is 10.2 Å². The van der Waals surface area contributed by atoms with Crippen molar-refractivity contribution in [3.05, 3.63) is 34.0 Å². The number of carboxylic acid groups (broad SMARTS) is 2. The molecule has 80 valence electrons. The largest absolute Gasteiger partial charge is 0.478 e. The Labute approximate surface area is 82.3 Å². The Morgan fingerprint density at radius 2 is 1.67 bits per heavy atom. The third kappa shape index (κ3) is 4.93. The predicted molar refractivity (Wildman–Crippen MR) is 44.5 cm³/mol. The summed E-state index contributed by atoms with van der Waals surface area (Å²) in [6.07, 6.45) is 1.16. The van der Waals surface area contributed by atoms with E-state index in [1.807, 2.05) is 0 Å². The van der Waals surface area contributed by atoms with Crippen LogP contribution >= 0.6 is 0 Å². The van der Waals surface area contributed by atoms with Crippen molar-refractivity contribution in [2.24, 2.45) is 0 Å². The lowest BCUT2D eigenvalue weighted by Gasteiger charge is -1.89. The molecule has 0 unspecified atom stereocenters. The highest BCUT2D eigenvalue weighted by molar-refractivity contribution is 6.37. The zero-order valence-corrected chi connectivity index (χ0v) is 7.11. The first-order valence-electron chi connectivity index (χ1n) is 3.39. The van der Waals surface area contributed by atoms with Crippen molar-refractivity contribution in [1.29, 1.82) is 0 Å². The maximum atomic E-state index is 10.5. The van der Waals surface area contributed by atoms with Crippen LogP contribution in [0.5, 0.6) is 0 Å². The van der Waals surface area contributed by atoms with Gasteiger partial charge in [0, 0.05) is 12.2 Å². The molecular weight excluding hydrogens is 210 g/mol. The molecule has 0 aliphatic rings. The highest BCUT2D eigenvalue weighted by Crippen LogP contribution is 1.98. The Morgan fingerprint density at radius 3 is 2.00 bits per heavy atom. The Morgan fingerprint density at radius 1 is 1.13 bits per heavy atom. The molecule has 0 atom stereocenters. The molecule has 0 amide bonds. The van der Waals surface area contributed by atoms with E-state index in [-0.39, 0.29) is 6.08 Å². The Kier molecular flexibility index (Phi) is 4.39. The van der Waals surface area contributed by atoms with E-state index in [1.54, 1.807) is 0 Å². The molecule has 0 aromatic rings. The van der Waals surface area contributed by atoms with Gasteiger partial charge in [-0.25, -0.2) is 9.59 Å². The van der Waals surface area contributed by atoms with Crippen LogP contribution in [0, 0.1) is 10.1 Å². The van der Waals surface area contributed by atoms with Gasteiger partial charge >= 0.3 is 11.9 Å². The molecule has 0 saturated heterocycles. The summed E-state index contributed by atoms with van der Waals surface area (Å²) in [5, 5.41) is 26.5. The summed E-state index contributed by atoms with van der Waals surface area (Å²) in [6, 6.07) is 0. The van der Waals surface area contributed by atoms with Crippen molar-refractivity contribution in [3.63, 3.8) is 0 Å². The van der Waals surface area contributed by atoms with E-state index in [1.165, 1.54) is 0 Å². The van der Waals surface area contributed by atoms with Crippen LogP contribution < -0.4 is 0 Å². The molecule has 8 heteroatoms. The van der Waals surface area contributed by atoms with Crippen molar-refractivity contribution < 1.29 is 29.5 Å². The number of carboxylic acids is 2. The molecular formula is C7H5NO7. The maximum absolute atomic E-state index is 10.5. The van der Waals surface area contributed by atoms with Crippen molar-refractivity contribution in [2.45, 2.75) is 0 Å². The van der Waals surface area contributed by atoms with Crippen molar-refractivity contribution in [3.8, 4) is 0 Å². The lowest BCUT2D eigenvalue weighted by molar-refractivity contribution is -0.418. The second-order valence-electron chi connectivity index (χ2n) is 2.17. The summed E-state index contributed by atoms with van der Waals surface area (Å²) >= 11 is 0. The van der Waals surface area contributed by atoms with Crippen LogP contribution in [0.2, 0.25) is 0 Å². The van der Waals surface area contributed by atoms with Gasteiger partial charge in [0.25, 0.3) is 11.5 Å². The number of nitrogens with zero attached hydrogens (tertiary/aromatic N) is 1. The van der Waals surface area contributed by atoms with Gasteiger partial charge in [-0.3, -0.25) is 14.9 Å². The van der Waals surface area contributed by atoms with Crippen LogP contribution in [0.15, 0.2) is 23.9 Å². The monoisotopic (exact) mass is 215 g/mol. The normalized spacial score (nSPS) is 11.3. The molecule has 8 nitrogen and oxygen atoms in total. The fraction of sp³-hybridized carbons (Fsp3) is 0. The van der Waals surface area contributed by atoms with E-state index >= 15 is 0 Å². The van der Waals surface area contributed by atoms with E-state index in [0.717, 1.165) is 0 Å². The van der Waals surface area contributed by atoms with Gasteiger partial charge in [-0.05, 0) is 0 Å². The molecule has 15 heavy (non-hydrogen) atoms. The summed E-state index contributed by atoms with van der Waals surface area (Å²) in [7, 11) is 0. The van der Waals surface area contributed by atoms with Crippen LogP contribution in [0.25, 0.3) is 0 Å². The molecule has 0 spiro atoms. The highest BCUT2D eigenvalue weighted by atomic mass is 16.6. The van der Waals surface area contributed by atoms with Gasteiger partial charge in [0.2, 0.25) is 0 Å². The average Bonchev–Trinajstić information content (AvgIpc) is 2.10. The minimum absolute atomic E-state index is 0.224. The molecule has 2 N–H and O–H groups in total. The van der Waals surface area contributed by atoms with Crippen LogP contribution in [0.3, 0.4) is 0 Å². The van der Waals surface area contributed by atoms with E-state index in [2.05, 4.69) is 0 Å². The van der Waals surface area contributed by atoms with E-state index < -0.39 is 28.3 Å². The highest BCUT2D eigenvalue weighted by Gasteiger charge is 2.15. The first-order valence-corrected chi connectivity index (χ1v) is 3.39. The quantitative estimate of drug-likeness (QED) is 0.206. The minimum atomic E-state index is -1.86. The van der Waals surface area contributed by atoms with Crippen molar-refractivity contribution >= 4 is 17.7 Å². The number of ketones is 1. The Balaban J connectivity index is 4.98. The van der Waals surface area contributed by atoms with E-state index in [9.17, 15) is 24.5 Å². The molecule has 0 heterocycles. The summed E-state index contributed by atoms with van der Waals surface area (Å²) in [5.41, 5.74) is -0.912. The van der Waals surface area contributed by atoms with Crippen LogP contribution in [-0.4, -0.2) is 32.9 Å². The second kappa shape index (κ2) is 5.27. The van der Waals surface area contributed by atoms with Gasteiger partial charge in [-0.15, -0.1) is 0 Å². The fourth-order valence-corrected chi connectivity index (χ4v) is 0.514. The van der Waals surface area contributed by atoms with Gasteiger partial charge in [-0.2, -0.15) is 0 Å². The van der Waals surface area contributed by atoms with Gasteiger partial charge in [0.1, 0.15) is 0 Å². The van der Waals surface area contributed by atoms with Crippen LogP contribution in [0.1, 0.15) is 0 Å². The Hall–Kier alpha value is -2.51. The number of carbonyl (C=O) groups excluding carboxylic acids is 1. The topological polar surface area (TPSA) is 135 Å². The van der Waals surface area contributed by atoms with Crippen LogP contribution in [-0.2, 0) is 14.4 Å². The summed E-state index contributed by atoms with van der Waals surface area (Å²) < 4.78 is 0. The van der Waals surface area contributed by atoms with Crippen molar-refractivity contribution in [1.82, 2.24) is 0 Å². The minimum Gasteiger partial charge on any atom is -0.478 e. The maximum Gasteiger partial charge on any atom is 0.376 e. The zero-order chi connectivity index (χ0) is 12.0. The first kappa shape index (κ1) is 12.5. The van der Waals surface area contributed by atoms with E-state index in [4.69, 9.17) is 10.2 Å².